The van der Waals surface area contributed by atoms with E-state index in [1.54, 1.807) is 0 Å². The number of rotatable bonds is 5. The van der Waals surface area contributed by atoms with E-state index in [9.17, 15) is 0 Å². The van der Waals surface area contributed by atoms with Crippen molar-refractivity contribution >= 4 is 5.95 Å². The van der Waals surface area contributed by atoms with E-state index in [0.29, 0.717) is 6.04 Å². The van der Waals surface area contributed by atoms with E-state index in [0.717, 1.165) is 42.0 Å². The highest BCUT2D eigenvalue weighted by molar-refractivity contribution is 5.61. The van der Waals surface area contributed by atoms with Crippen molar-refractivity contribution in [2.45, 2.75) is 58.5 Å². The number of anilines is 1. The fourth-order valence-corrected chi connectivity index (χ4v) is 4.30. The van der Waals surface area contributed by atoms with Gasteiger partial charge in [0.1, 0.15) is 0 Å². The van der Waals surface area contributed by atoms with Crippen molar-refractivity contribution < 1.29 is 0 Å². The molecular weight excluding hydrogens is 286 g/mol. The molecule has 2 saturated carbocycles. The zero-order valence-electron chi connectivity index (χ0n) is 14.0. The van der Waals surface area contributed by atoms with Crippen LogP contribution >= 0.6 is 0 Å². The molecule has 2 fully saturated rings. The minimum absolute atomic E-state index is 0.563. The van der Waals surface area contributed by atoms with E-state index in [4.69, 9.17) is 4.98 Å². The second-order valence-corrected chi connectivity index (χ2v) is 7.06. The third kappa shape index (κ3) is 2.73. The lowest BCUT2D eigenvalue weighted by Crippen LogP contribution is -2.26. The molecule has 0 saturated heterocycles. The van der Waals surface area contributed by atoms with Crippen LogP contribution in [0.25, 0.3) is 11.3 Å². The molecule has 2 heterocycles. The minimum Gasteiger partial charge on any atom is -0.351 e. The Morgan fingerprint density at radius 2 is 2.22 bits per heavy atom. The summed E-state index contributed by atoms with van der Waals surface area (Å²) >= 11 is 0. The van der Waals surface area contributed by atoms with Gasteiger partial charge < -0.3 is 5.32 Å². The number of nitrogens with zero attached hydrogens (tertiary/aromatic N) is 4. The topological polar surface area (TPSA) is 55.6 Å². The molecule has 0 spiro atoms. The van der Waals surface area contributed by atoms with Gasteiger partial charge in [-0.2, -0.15) is 5.10 Å². The Bertz CT molecular complexity index is 692. The van der Waals surface area contributed by atoms with Crippen LogP contribution in [0.2, 0.25) is 0 Å². The molecule has 2 aliphatic carbocycles. The maximum Gasteiger partial charge on any atom is 0.223 e. The van der Waals surface area contributed by atoms with Crippen LogP contribution in [-0.2, 0) is 6.54 Å². The summed E-state index contributed by atoms with van der Waals surface area (Å²) in [5.41, 5.74) is 3.25. The smallest absolute Gasteiger partial charge is 0.223 e. The number of aryl methyl sites for hydroxylation is 1. The second kappa shape index (κ2) is 5.95. The highest BCUT2D eigenvalue weighted by atomic mass is 15.3. The Morgan fingerprint density at radius 3 is 2.96 bits per heavy atom. The average molecular weight is 311 g/mol. The summed E-state index contributed by atoms with van der Waals surface area (Å²) in [6, 6.07) is 2.54. The number of aromatic nitrogens is 4. The predicted molar refractivity (Wildman–Crippen MR) is 91.1 cm³/mol. The predicted octanol–water partition coefficient (Wildman–Crippen LogP) is 3.66. The first kappa shape index (κ1) is 14.7. The van der Waals surface area contributed by atoms with E-state index in [2.05, 4.69) is 33.9 Å². The lowest BCUT2D eigenvalue weighted by Gasteiger charge is -2.22. The molecule has 0 unspecified atom stereocenters. The zero-order valence-corrected chi connectivity index (χ0v) is 14.0. The first-order valence-electron chi connectivity index (χ1n) is 8.87. The van der Waals surface area contributed by atoms with Gasteiger partial charge in [-0.05, 0) is 50.5 Å². The number of nitrogens with one attached hydrogen (secondary N) is 1. The molecule has 122 valence electrons. The van der Waals surface area contributed by atoms with Gasteiger partial charge in [0.25, 0.3) is 0 Å². The minimum atomic E-state index is 0.563. The van der Waals surface area contributed by atoms with Gasteiger partial charge in [0.15, 0.2) is 0 Å². The maximum absolute atomic E-state index is 4.75. The van der Waals surface area contributed by atoms with E-state index in [-0.39, 0.29) is 0 Å². The van der Waals surface area contributed by atoms with Crippen molar-refractivity contribution in [1.29, 1.82) is 0 Å². The zero-order chi connectivity index (χ0) is 15.8. The van der Waals surface area contributed by atoms with Gasteiger partial charge in [-0.1, -0.05) is 13.3 Å². The molecule has 2 aromatic heterocycles. The average Bonchev–Trinajstić information content (AvgIpc) is 3.25. The first-order valence-corrected chi connectivity index (χ1v) is 8.87. The Kier molecular flexibility index (Phi) is 3.79. The largest absolute Gasteiger partial charge is 0.351 e. The van der Waals surface area contributed by atoms with Crippen LogP contribution in [0.4, 0.5) is 5.95 Å². The Morgan fingerprint density at radius 1 is 1.30 bits per heavy atom. The summed E-state index contributed by atoms with van der Waals surface area (Å²) < 4.78 is 2.06. The van der Waals surface area contributed by atoms with Gasteiger partial charge in [-0.3, -0.25) is 4.68 Å². The third-order valence-electron chi connectivity index (χ3n) is 5.52. The molecule has 2 aliphatic rings. The number of fused-ring (bicyclic) bond motifs is 2. The van der Waals surface area contributed by atoms with Crippen LogP contribution in [0.5, 0.6) is 0 Å². The van der Waals surface area contributed by atoms with Crippen molar-refractivity contribution in [1.82, 2.24) is 19.7 Å². The van der Waals surface area contributed by atoms with Gasteiger partial charge >= 0.3 is 0 Å². The molecule has 0 aromatic carbocycles. The fourth-order valence-electron chi connectivity index (χ4n) is 4.30. The fraction of sp³-hybridized carbons (Fsp3) is 0.611. The van der Waals surface area contributed by atoms with Crippen LogP contribution in [0, 0.1) is 18.8 Å². The van der Waals surface area contributed by atoms with Gasteiger partial charge in [0, 0.05) is 30.0 Å². The van der Waals surface area contributed by atoms with E-state index >= 15 is 0 Å². The quantitative estimate of drug-likeness (QED) is 0.915. The summed E-state index contributed by atoms with van der Waals surface area (Å²) in [4.78, 5) is 9.18. The molecule has 3 atom stereocenters. The molecule has 23 heavy (non-hydrogen) atoms. The molecule has 5 heteroatoms. The van der Waals surface area contributed by atoms with Crippen LogP contribution in [0.1, 0.15) is 44.7 Å². The molecule has 5 nitrogen and oxygen atoms in total. The van der Waals surface area contributed by atoms with Crippen LogP contribution < -0.4 is 5.32 Å². The van der Waals surface area contributed by atoms with E-state index < -0.39 is 0 Å². The number of hydrogen-bond acceptors (Lipinski definition) is 4. The summed E-state index contributed by atoms with van der Waals surface area (Å²) in [6.07, 6.45) is 10.3. The molecule has 0 amide bonds. The Hall–Kier alpha value is -1.91. The highest BCUT2D eigenvalue weighted by Gasteiger charge is 2.39. The molecule has 2 aromatic rings. The summed E-state index contributed by atoms with van der Waals surface area (Å²) in [7, 11) is 0. The molecule has 1 N–H and O–H groups in total. The summed E-state index contributed by atoms with van der Waals surface area (Å²) in [6.45, 7) is 5.24. The normalized spacial score (nSPS) is 25.9. The molecule has 4 rings (SSSR count). The molecule has 2 bridgehead atoms. The van der Waals surface area contributed by atoms with Crippen LogP contribution in [0.3, 0.4) is 0 Å². The molecule has 0 radical (unpaired) electrons. The third-order valence-corrected chi connectivity index (χ3v) is 5.52. The Balaban J connectivity index is 1.54. The van der Waals surface area contributed by atoms with E-state index in [1.807, 2.05) is 18.5 Å². The SMILES string of the molecule is CCCn1ncc(-c2ccnc(N[C@@H]3C[C@H]4CC[C@@H]3C4)n2)c1C. The van der Waals surface area contributed by atoms with Crippen LogP contribution in [0.15, 0.2) is 18.5 Å². The summed E-state index contributed by atoms with van der Waals surface area (Å²) in [5.74, 6) is 2.51. The van der Waals surface area contributed by atoms with E-state index in [1.165, 1.54) is 31.4 Å². The second-order valence-electron chi connectivity index (χ2n) is 7.06. The number of hydrogen-bond donors (Lipinski definition) is 1. The van der Waals surface area contributed by atoms with Gasteiger partial charge in [0.2, 0.25) is 5.95 Å². The van der Waals surface area contributed by atoms with Crippen molar-refractivity contribution in [3.05, 3.63) is 24.2 Å². The molecule has 0 aliphatic heterocycles. The molecular formula is C18H25N5. The monoisotopic (exact) mass is 311 g/mol. The van der Waals surface area contributed by atoms with Crippen molar-refractivity contribution in [2.75, 3.05) is 5.32 Å². The van der Waals surface area contributed by atoms with Crippen molar-refractivity contribution in [3.63, 3.8) is 0 Å². The summed E-state index contributed by atoms with van der Waals surface area (Å²) in [5, 5.41) is 8.07. The van der Waals surface area contributed by atoms with Crippen molar-refractivity contribution in [2.24, 2.45) is 11.8 Å². The standard InChI is InChI=1S/C18H25N5/c1-3-8-23-12(2)15(11-20-23)16-6-7-19-18(21-16)22-17-10-13-4-5-14(17)9-13/h6-7,11,13-14,17H,3-5,8-10H2,1-2H3,(H,19,21,22)/t13-,14+,17+/m0/s1. The van der Waals surface area contributed by atoms with Crippen molar-refractivity contribution in [3.8, 4) is 11.3 Å². The van der Waals surface area contributed by atoms with Gasteiger partial charge in [-0.25, -0.2) is 9.97 Å². The maximum atomic E-state index is 4.75. The lowest BCUT2D eigenvalue weighted by atomic mass is 9.95. The van der Waals surface area contributed by atoms with Crippen LogP contribution in [-0.4, -0.2) is 25.8 Å². The van der Waals surface area contributed by atoms with Gasteiger partial charge in [-0.15, -0.1) is 0 Å². The highest BCUT2D eigenvalue weighted by Crippen LogP contribution is 2.45. The van der Waals surface area contributed by atoms with Gasteiger partial charge in [0.05, 0.1) is 11.9 Å². The lowest BCUT2D eigenvalue weighted by molar-refractivity contribution is 0.438. The Labute approximate surface area is 137 Å². The first-order chi connectivity index (χ1) is 11.2.